The zero-order valence-corrected chi connectivity index (χ0v) is 13.9. The largest absolute Gasteiger partial charge is 0.382 e. The Morgan fingerprint density at radius 2 is 2.00 bits per heavy atom. The summed E-state index contributed by atoms with van der Waals surface area (Å²) in [5.74, 6) is 0.695. The highest BCUT2D eigenvalue weighted by Crippen LogP contribution is 2.26. The molecule has 1 aliphatic rings. The van der Waals surface area contributed by atoms with E-state index in [-0.39, 0.29) is 12.5 Å². The summed E-state index contributed by atoms with van der Waals surface area (Å²) >= 11 is 12.0. The third-order valence-corrected chi connectivity index (χ3v) is 3.86. The van der Waals surface area contributed by atoms with Gasteiger partial charge in [0.15, 0.2) is 0 Å². The first kappa shape index (κ1) is 17.3. The average molecular weight is 348 g/mol. The third-order valence-electron chi connectivity index (χ3n) is 3.38. The van der Waals surface area contributed by atoms with Crippen LogP contribution < -0.4 is 4.90 Å². The molecule has 0 atom stereocenters. The van der Waals surface area contributed by atoms with Gasteiger partial charge >= 0.3 is 0 Å². The molecule has 0 bridgehead atoms. The van der Waals surface area contributed by atoms with Crippen LogP contribution in [0, 0.1) is 0 Å². The van der Waals surface area contributed by atoms with E-state index in [0.29, 0.717) is 55.3 Å². The minimum atomic E-state index is -0.00841. The second-order valence-corrected chi connectivity index (χ2v) is 5.72. The van der Waals surface area contributed by atoms with Crippen molar-refractivity contribution in [3.63, 3.8) is 0 Å². The first-order valence-corrected chi connectivity index (χ1v) is 7.78. The number of amides is 1. The van der Waals surface area contributed by atoms with Gasteiger partial charge in [-0.15, -0.1) is 0 Å². The Balaban J connectivity index is 1.81. The minimum Gasteiger partial charge on any atom is -0.382 e. The molecule has 0 unspecified atom stereocenters. The van der Waals surface area contributed by atoms with Crippen LogP contribution >= 0.6 is 23.2 Å². The first-order valence-electron chi connectivity index (χ1n) is 7.02. The Morgan fingerprint density at radius 3 is 2.64 bits per heavy atom. The highest BCUT2D eigenvalue weighted by molar-refractivity contribution is 6.36. The molecule has 0 aliphatic carbocycles. The summed E-state index contributed by atoms with van der Waals surface area (Å²) < 4.78 is 10.1. The van der Waals surface area contributed by atoms with Gasteiger partial charge in [0, 0.05) is 39.5 Å². The molecule has 0 spiro atoms. The van der Waals surface area contributed by atoms with Gasteiger partial charge in [0.25, 0.3) is 0 Å². The molecule has 0 saturated carbocycles. The van der Waals surface area contributed by atoms with E-state index in [0.717, 1.165) is 0 Å². The summed E-state index contributed by atoms with van der Waals surface area (Å²) in [5.41, 5.74) is 0. The lowest BCUT2D eigenvalue weighted by molar-refractivity contribution is -0.136. The van der Waals surface area contributed by atoms with Crippen LogP contribution in [0.3, 0.4) is 0 Å². The van der Waals surface area contributed by atoms with Crippen LogP contribution in [0.25, 0.3) is 0 Å². The van der Waals surface area contributed by atoms with Gasteiger partial charge in [0.1, 0.15) is 12.4 Å². The Hall–Kier alpha value is -1.08. The fraction of sp³-hybridized carbons (Fsp3) is 0.571. The fourth-order valence-electron chi connectivity index (χ4n) is 2.20. The molecule has 2 heterocycles. The Bertz CT molecular complexity index is 508. The average Bonchev–Trinajstić information content (AvgIpc) is 2.52. The molecule has 0 N–H and O–H groups in total. The molecule has 122 valence electrons. The molecular formula is C14H19Cl2N3O3. The molecular weight excluding hydrogens is 329 g/mol. The van der Waals surface area contributed by atoms with E-state index in [1.807, 2.05) is 4.90 Å². The Kier molecular flexibility index (Phi) is 6.70. The van der Waals surface area contributed by atoms with Crippen molar-refractivity contribution in [1.82, 2.24) is 9.88 Å². The van der Waals surface area contributed by atoms with Crippen molar-refractivity contribution in [3.8, 4) is 0 Å². The Morgan fingerprint density at radius 1 is 1.27 bits per heavy atom. The molecule has 1 aromatic rings. The van der Waals surface area contributed by atoms with E-state index in [2.05, 4.69) is 4.98 Å². The van der Waals surface area contributed by atoms with E-state index in [1.54, 1.807) is 24.3 Å². The number of hydrogen-bond acceptors (Lipinski definition) is 5. The number of pyridine rings is 1. The van der Waals surface area contributed by atoms with Crippen LogP contribution in [0.4, 0.5) is 5.82 Å². The SMILES string of the molecule is COCCOCC(=O)N1CCN(c2ncc(Cl)cc2Cl)CC1. The van der Waals surface area contributed by atoms with Gasteiger partial charge in [-0.05, 0) is 6.07 Å². The molecule has 1 aromatic heterocycles. The molecule has 8 heteroatoms. The molecule has 1 fully saturated rings. The number of ether oxygens (including phenoxy) is 2. The first-order chi connectivity index (χ1) is 10.6. The van der Waals surface area contributed by atoms with E-state index < -0.39 is 0 Å². The van der Waals surface area contributed by atoms with Crippen LogP contribution in [0.15, 0.2) is 12.3 Å². The molecule has 22 heavy (non-hydrogen) atoms. The van der Waals surface area contributed by atoms with Crippen molar-refractivity contribution >= 4 is 34.9 Å². The minimum absolute atomic E-state index is 0.00841. The van der Waals surface area contributed by atoms with Crippen molar-refractivity contribution in [2.24, 2.45) is 0 Å². The second-order valence-electron chi connectivity index (χ2n) is 4.87. The smallest absolute Gasteiger partial charge is 0.248 e. The fourth-order valence-corrected chi connectivity index (χ4v) is 2.70. The van der Waals surface area contributed by atoms with Crippen molar-refractivity contribution in [3.05, 3.63) is 22.3 Å². The molecule has 1 amide bonds. The van der Waals surface area contributed by atoms with Crippen molar-refractivity contribution in [2.45, 2.75) is 0 Å². The Labute approximate surface area is 139 Å². The van der Waals surface area contributed by atoms with Crippen molar-refractivity contribution in [1.29, 1.82) is 0 Å². The van der Waals surface area contributed by atoms with Gasteiger partial charge in [-0.3, -0.25) is 4.79 Å². The van der Waals surface area contributed by atoms with Gasteiger partial charge < -0.3 is 19.3 Å². The number of nitrogens with zero attached hydrogens (tertiary/aromatic N) is 3. The number of carbonyl (C=O) groups is 1. The number of rotatable bonds is 6. The van der Waals surface area contributed by atoms with Gasteiger partial charge in [-0.2, -0.15) is 0 Å². The topological polar surface area (TPSA) is 54.9 Å². The highest BCUT2D eigenvalue weighted by atomic mass is 35.5. The number of carbonyl (C=O) groups excluding carboxylic acids is 1. The van der Waals surface area contributed by atoms with Crippen LogP contribution in [0.1, 0.15) is 0 Å². The normalized spacial score (nSPS) is 15.2. The van der Waals surface area contributed by atoms with Gasteiger partial charge in [0.2, 0.25) is 5.91 Å². The summed E-state index contributed by atoms with van der Waals surface area (Å²) in [6, 6.07) is 1.67. The molecule has 1 saturated heterocycles. The lowest BCUT2D eigenvalue weighted by Crippen LogP contribution is -2.50. The quantitative estimate of drug-likeness (QED) is 0.733. The van der Waals surface area contributed by atoms with Gasteiger partial charge in [-0.25, -0.2) is 4.98 Å². The summed E-state index contributed by atoms with van der Waals surface area (Å²) in [4.78, 5) is 20.1. The monoisotopic (exact) mass is 347 g/mol. The third kappa shape index (κ3) is 4.71. The summed E-state index contributed by atoms with van der Waals surface area (Å²) in [5, 5.41) is 1.03. The number of aromatic nitrogens is 1. The van der Waals surface area contributed by atoms with Gasteiger partial charge in [0.05, 0.1) is 23.3 Å². The lowest BCUT2D eigenvalue weighted by Gasteiger charge is -2.35. The maximum Gasteiger partial charge on any atom is 0.248 e. The van der Waals surface area contributed by atoms with E-state index in [1.165, 1.54) is 0 Å². The van der Waals surface area contributed by atoms with E-state index in [4.69, 9.17) is 32.7 Å². The summed E-state index contributed by atoms with van der Waals surface area (Å²) in [6.07, 6.45) is 1.57. The molecule has 0 radical (unpaired) electrons. The standard InChI is InChI=1S/C14H19Cl2N3O3/c1-21-6-7-22-10-13(20)18-2-4-19(5-3-18)14-12(16)8-11(15)9-17-14/h8-9H,2-7,10H2,1H3. The van der Waals surface area contributed by atoms with Crippen molar-refractivity contribution in [2.75, 3.05) is 58.0 Å². The number of piperazine rings is 1. The maximum absolute atomic E-state index is 12.0. The van der Waals surface area contributed by atoms with Crippen LogP contribution in [0.5, 0.6) is 0 Å². The van der Waals surface area contributed by atoms with Crippen LogP contribution in [0.2, 0.25) is 10.0 Å². The van der Waals surface area contributed by atoms with Gasteiger partial charge in [-0.1, -0.05) is 23.2 Å². The highest BCUT2D eigenvalue weighted by Gasteiger charge is 2.23. The predicted molar refractivity (Wildman–Crippen MR) is 85.7 cm³/mol. The number of hydrogen-bond donors (Lipinski definition) is 0. The molecule has 0 aromatic carbocycles. The number of methoxy groups -OCH3 is 1. The van der Waals surface area contributed by atoms with Crippen molar-refractivity contribution < 1.29 is 14.3 Å². The zero-order chi connectivity index (χ0) is 15.9. The zero-order valence-electron chi connectivity index (χ0n) is 12.4. The summed E-state index contributed by atoms with van der Waals surface area (Å²) in [6.45, 7) is 3.59. The van der Waals surface area contributed by atoms with Crippen LogP contribution in [-0.4, -0.2) is 68.9 Å². The van der Waals surface area contributed by atoms with Crippen LogP contribution in [-0.2, 0) is 14.3 Å². The predicted octanol–water partition coefficient (Wildman–Crippen LogP) is 1.70. The maximum atomic E-state index is 12.0. The molecule has 6 nitrogen and oxygen atoms in total. The molecule has 1 aliphatic heterocycles. The molecule has 2 rings (SSSR count). The summed E-state index contributed by atoms with van der Waals surface area (Å²) in [7, 11) is 1.60. The van der Waals surface area contributed by atoms with E-state index in [9.17, 15) is 4.79 Å². The lowest BCUT2D eigenvalue weighted by atomic mass is 10.3. The number of halogens is 2. The van der Waals surface area contributed by atoms with E-state index >= 15 is 0 Å². The second kappa shape index (κ2) is 8.53. The number of anilines is 1.